The highest BCUT2D eigenvalue weighted by molar-refractivity contribution is 5.98. The van der Waals surface area contributed by atoms with Crippen LogP contribution in [0.4, 0.5) is 13.2 Å². The average Bonchev–Trinajstić information content (AvgIpc) is 3.55. The molecule has 2 aromatic carbocycles. The number of nitrogens with zero attached hydrogens (tertiary/aromatic N) is 5. The van der Waals surface area contributed by atoms with E-state index in [2.05, 4.69) is 10.1 Å². The number of fused-ring (bicyclic) bond motifs is 1. The van der Waals surface area contributed by atoms with Crippen LogP contribution >= 0.6 is 0 Å². The third-order valence-electron chi connectivity index (χ3n) is 6.57. The lowest BCUT2D eigenvalue weighted by molar-refractivity contribution is -0.142. The van der Waals surface area contributed by atoms with Gasteiger partial charge >= 0.3 is 6.18 Å². The van der Waals surface area contributed by atoms with Gasteiger partial charge in [-0.05, 0) is 54.8 Å². The monoisotopic (exact) mass is 525 g/mol. The van der Waals surface area contributed by atoms with E-state index < -0.39 is 11.9 Å². The van der Waals surface area contributed by atoms with Crippen LogP contribution in [0, 0.1) is 6.92 Å². The van der Waals surface area contributed by atoms with Crippen molar-refractivity contribution in [2.75, 3.05) is 20.8 Å². The van der Waals surface area contributed by atoms with Gasteiger partial charge in [0.25, 0.3) is 5.91 Å². The molecule has 38 heavy (non-hydrogen) atoms. The molecule has 2 aromatic heterocycles. The van der Waals surface area contributed by atoms with E-state index >= 15 is 0 Å². The van der Waals surface area contributed by atoms with Crippen LogP contribution in [0.5, 0.6) is 11.5 Å². The number of alkyl halides is 3. The van der Waals surface area contributed by atoms with Gasteiger partial charge < -0.3 is 18.9 Å². The van der Waals surface area contributed by atoms with Crippen molar-refractivity contribution in [3.05, 3.63) is 88.8 Å². The summed E-state index contributed by atoms with van der Waals surface area (Å²) in [6.45, 7) is 2.46. The van der Waals surface area contributed by atoms with Crippen molar-refractivity contribution >= 4 is 5.91 Å². The topological polar surface area (TPSA) is 74.4 Å². The van der Waals surface area contributed by atoms with Crippen molar-refractivity contribution in [1.82, 2.24) is 24.2 Å². The van der Waals surface area contributed by atoms with Crippen LogP contribution in [-0.4, -0.2) is 50.9 Å². The number of aryl methyl sites for hydroxylation is 1. The molecule has 5 rings (SSSR count). The minimum absolute atomic E-state index is 0.237. The Balaban J connectivity index is 1.58. The minimum atomic E-state index is -4.61. The number of hydrogen-bond acceptors (Lipinski definition) is 5. The molecule has 0 saturated heterocycles. The SMILES string of the molecule is COc1ccc(CN2CCc3c(cc(Cn4ccnc4)cc3-n3nc(C)cc3C(F)(F)F)C2=O)c(OC)c1. The molecule has 0 radical (unpaired) electrons. The Hall–Kier alpha value is -4.28. The second kappa shape index (κ2) is 9.88. The third kappa shape index (κ3) is 4.83. The molecule has 8 nitrogen and oxygen atoms in total. The van der Waals surface area contributed by atoms with Crippen molar-refractivity contribution in [3.63, 3.8) is 0 Å². The first-order chi connectivity index (χ1) is 18.2. The predicted molar refractivity (Wildman–Crippen MR) is 133 cm³/mol. The van der Waals surface area contributed by atoms with E-state index in [1.807, 2.05) is 6.07 Å². The number of aromatic nitrogens is 4. The fourth-order valence-corrected chi connectivity index (χ4v) is 4.78. The van der Waals surface area contributed by atoms with Crippen LogP contribution in [0.2, 0.25) is 0 Å². The van der Waals surface area contributed by atoms with Crippen molar-refractivity contribution in [1.29, 1.82) is 0 Å². The smallest absolute Gasteiger partial charge is 0.433 e. The number of carbonyl (C=O) groups is 1. The lowest BCUT2D eigenvalue weighted by Crippen LogP contribution is -2.38. The number of methoxy groups -OCH3 is 2. The maximum absolute atomic E-state index is 13.9. The van der Waals surface area contributed by atoms with Crippen molar-refractivity contribution in [2.45, 2.75) is 32.6 Å². The molecule has 0 saturated carbocycles. The number of benzene rings is 2. The van der Waals surface area contributed by atoms with Gasteiger partial charge in [0.05, 0.1) is 31.9 Å². The lowest BCUT2D eigenvalue weighted by atomic mass is 9.93. The Labute approximate surface area is 217 Å². The summed E-state index contributed by atoms with van der Waals surface area (Å²) in [7, 11) is 3.11. The molecule has 0 atom stereocenters. The summed E-state index contributed by atoms with van der Waals surface area (Å²) in [6, 6.07) is 9.82. The molecular formula is C27H26F3N5O3. The predicted octanol–water partition coefficient (Wildman–Crippen LogP) is 4.66. The van der Waals surface area contributed by atoms with E-state index in [0.29, 0.717) is 47.7 Å². The van der Waals surface area contributed by atoms with Gasteiger partial charge in [-0.25, -0.2) is 9.67 Å². The number of imidazole rings is 1. The fourth-order valence-electron chi connectivity index (χ4n) is 4.78. The van der Waals surface area contributed by atoms with Gasteiger partial charge in [0.1, 0.15) is 17.2 Å². The molecular weight excluding hydrogens is 499 g/mol. The number of amides is 1. The van der Waals surface area contributed by atoms with Crippen LogP contribution < -0.4 is 9.47 Å². The second-order valence-corrected chi connectivity index (χ2v) is 9.11. The molecule has 11 heteroatoms. The Morgan fingerprint density at radius 2 is 1.87 bits per heavy atom. The highest BCUT2D eigenvalue weighted by Gasteiger charge is 2.37. The first-order valence-corrected chi connectivity index (χ1v) is 11.9. The summed E-state index contributed by atoms with van der Waals surface area (Å²) in [4.78, 5) is 19.5. The molecule has 0 N–H and O–H groups in total. The van der Waals surface area contributed by atoms with Crippen molar-refractivity contribution < 1.29 is 27.4 Å². The van der Waals surface area contributed by atoms with Gasteiger partial charge in [-0.2, -0.15) is 18.3 Å². The quantitative estimate of drug-likeness (QED) is 0.351. The Morgan fingerprint density at radius 1 is 1.05 bits per heavy atom. The number of rotatable bonds is 7. The third-order valence-corrected chi connectivity index (χ3v) is 6.57. The normalized spacial score (nSPS) is 13.5. The average molecular weight is 526 g/mol. The van der Waals surface area contributed by atoms with E-state index in [1.165, 1.54) is 6.92 Å². The number of carbonyl (C=O) groups excluding carboxylic acids is 1. The highest BCUT2D eigenvalue weighted by atomic mass is 19.4. The molecule has 1 amide bonds. The van der Waals surface area contributed by atoms with E-state index in [-0.39, 0.29) is 23.8 Å². The summed E-state index contributed by atoms with van der Waals surface area (Å²) >= 11 is 0. The molecule has 1 aliphatic heterocycles. The van der Waals surface area contributed by atoms with Crippen LogP contribution in [0.3, 0.4) is 0 Å². The standard InChI is InChI=1S/C27H26F3N5O3/c1-17-10-25(27(28,29)30)35(32-17)23-12-18(14-33-9-7-31-16-33)11-22-21(23)6-8-34(26(22)36)15-19-4-5-20(37-2)13-24(19)38-3/h4-5,7,9-13,16H,6,8,14-15H2,1-3H3. The zero-order valence-electron chi connectivity index (χ0n) is 21.1. The molecule has 0 bridgehead atoms. The summed E-state index contributed by atoms with van der Waals surface area (Å²) < 4.78 is 55.2. The number of hydrogen-bond donors (Lipinski definition) is 0. The van der Waals surface area contributed by atoms with E-state index in [0.717, 1.165) is 16.3 Å². The largest absolute Gasteiger partial charge is 0.497 e. The van der Waals surface area contributed by atoms with Gasteiger partial charge in [0.2, 0.25) is 0 Å². The van der Waals surface area contributed by atoms with Crippen molar-refractivity contribution in [2.24, 2.45) is 0 Å². The number of halogens is 3. The summed E-state index contributed by atoms with van der Waals surface area (Å²) in [5.74, 6) is 0.944. The minimum Gasteiger partial charge on any atom is -0.497 e. The molecule has 1 aliphatic rings. The summed E-state index contributed by atoms with van der Waals surface area (Å²) in [5, 5.41) is 4.17. The van der Waals surface area contributed by atoms with Gasteiger partial charge in [0, 0.05) is 49.2 Å². The molecule has 3 heterocycles. The fraction of sp³-hybridized carbons (Fsp3) is 0.296. The van der Waals surface area contributed by atoms with Gasteiger partial charge in [-0.15, -0.1) is 0 Å². The van der Waals surface area contributed by atoms with Crippen LogP contribution in [-0.2, 0) is 25.7 Å². The lowest BCUT2D eigenvalue weighted by Gasteiger charge is -2.31. The van der Waals surface area contributed by atoms with E-state index in [4.69, 9.17) is 9.47 Å². The first kappa shape index (κ1) is 25.4. The Bertz CT molecular complexity index is 1480. The zero-order valence-corrected chi connectivity index (χ0v) is 21.1. The van der Waals surface area contributed by atoms with E-state index in [9.17, 15) is 18.0 Å². The Morgan fingerprint density at radius 3 is 2.55 bits per heavy atom. The molecule has 0 aliphatic carbocycles. The maximum atomic E-state index is 13.9. The number of ether oxygens (including phenoxy) is 2. The highest BCUT2D eigenvalue weighted by Crippen LogP contribution is 2.35. The molecule has 0 unspecified atom stereocenters. The molecule has 4 aromatic rings. The van der Waals surface area contributed by atoms with Crippen LogP contribution in [0.1, 0.15) is 38.4 Å². The summed E-state index contributed by atoms with van der Waals surface area (Å²) in [6.07, 6.45) is 0.748. The second-order valence-electron chi connectivity index (χ2n) is 9.11. The van der Waals surface area contributed by atoms with Crippen molar-refractivity contribution in [3.8, 4) is 17.2 Å². The van der Waals surface area contributed by atoms with Crippen LogP contribution in [0.15, 0.2) is 55.1 Å². The molecule has 0 fully saturated rings. The molecule has 198 valence electrons. The van der Waals surface area contributed by atoms with E-state index in [1.54, 1.807) is 66.7 Å². The summed E-state index contributed by atoms with van der Waals surface area (Å²) in [5.41, 5.74) is 1.97. The van der Waals surface area contributed by atoms with Gasteiger partial charge in [0.15, 0.2) is 0 Å². The van der Waals surface area contributed by atoms with Gasteiger partial charge in [-0.1, -0.05) is 0 Å². The van der Waals surface area contributed by atoms with Crippen LogP contribution in [0.25, 0.3) is 5.69 Å². The molecule has 0 spiro atoms. The zero-order chi connectivity index (χ0) is 27.0. The Kier molecular flexibility index (Phi) is 6.60. The first-order valence-electron chi connectivity index (χ1n) is 11.9. The van der Waals surface area contributed by atoms with Gasteiger partial charge in [-0.3, -0.25) is 4.79 Å². The maximum Gasteiger partial charge on any atom is 0.433 e.